The number of thiophene rings is 1. The molecule has 0 aromatic carbocycles. The third-order valence-corrected chi connectivity index (χ3v) is 5.68. The fourth-order valence-corrected chi connectivity index (χ4v) is 4.05. The third kappa shape index (κ3) is 3.89. The zero-order valence-corrected chi connectivity index (χ0v) is 15.2. The van der Waals surface area contributed by atoms with Gasteiger partial charge in [0.05, 0.1) is 17.8 Å². The lowest BCUT2D eigenvalue weighted by molar-refractivity contribution is -0.145. The van der Waals surface area contributed by atoms with Crippen molar-refractivity contribution in [2.45, 2.75) is 33.1 Å². The molecule has 3 rings (SSSR count). The number of anilines is 1. The highest BCUT2D eigenvalue weighted by Gasteiger charge is 2.26. The topological polar surface area (TPSA) is 95.4 Å². The highest BCUT2D eigenvalue weighted by molar-refractivity contribution is 7.18. The van der Waals surface area contributed by atoms with E-state index in [-0.39, 0.29) is 18.4 Å². The number of aryl methyl sites for hydroxylation is 2. The number of likely N-dealkylation sites (tertiary alicyclic amines) is 1. The minimum atomic E-state index is -0.770. The van der Waals surface area contributed by atoms with Crippen molar-refractivity contribution in [2.75, 3.05) is 25.0 Å². The maximum Gasteiger partial charge on any atom is 0.306 e. The Hall–Kier alpha value is -2.22. The van der Waals surface area contributed by atoms with Crippen LogP contribution < -0.4 is 5.32 Å². The van der Waals surface area contributed by atoms with Crippen molar-refractivity contribution in [3.63, 3.8) is 0 Å². The molecule has 0 atom stereocenters. The first-order valence-corrected chi connectivity index (χ1v) is 9.31. The van der Waals surface area contributed by atoms with Crippen LogP contribution in [0.25, 0.3) is 10.2 Å². The van der Waals surface area contributed by atoms with Gasteiger partial charge in [0.15, 0.2) is 0 Å². The molecule has 1 aliphatic rings. The van der Waals surface area contributed by atoms with Crippen LogP contribution >= 0.6 is 11.3 Å². The van der Waals surface area contributed by atoms with Crippen LogP contribution in [0.1, 0.15) is 30.5 Å². The summed E-state index contributed by atoms with van der Waals surface area (Å²) in [6, 6.07) is 2.07. The number of hydrogen-bond donors (Lipinski definition) is 2. The van der Waals surface area contributed by atoms with E-state index in [9.17, 15) is 9.59 Å². The second-order valence-electron chi connectivity index (χ2n) is 6.25. The number of piperidine rings is 1. The molecule has 1 saturated heterocycles. The second-order valence-corrected chi connectivity index (χ2v) is 7.37. The van der Waals surface area contributed by atoms with Crippen molar-refractivity contribution >= 4 is 39.2 Å². The van der Waals surface area contributed by atoms with E-state index in [0.717, 1.165) is 16.6 Å². The monoisotopic (exact) mass is 362 g/mol. The Morgan fingerprint density at radius 2 is 2.08 bits per heavy atom. The summed E-state index contributed by atoms with van der Waals surface area (Å²) < 4.78 is 0. The van der Waals surface area contributed by atoms with Crippen molar-refractivity contribution in [3.8, 4) is 0 Å². The standard InChI is InChI=1S/C17H22N4O3S/c1-3-12-8-13-15(19-10(2)20-16(13)25-12)18-9-14(22)21-6-4-11(5-7-21)17(23)24/h8,11H,3-7,9H2,1-2H3,(H,23,24)(H,18,19,20). The minimum absolute atomic E-state index is 0.0285. The molecular formula is C17H22N4O3S. The zero-order valence-electron chi connectivity index (χ0n) is 14.4. The number of aromatic nitrogens is 2. The predicted molar refractivity (Wildman–Crippen MR) is 97.0 cm³/mol. The van der Waals surface area contributed by atoms with E-state index < -0.39 is 5.97 Å². The maximum absolute atomic E-state index is 12.4. The lowest BCUT2D eigenvalue weighted by Crippen LogP contribution is -2.42. The molecule has 8 heteroatoms. The van der Waals surface area contributed by atoms with E-state index in [0.29, 0.717) is 37.6 Å². The Morgan fingerprint density at radius 3 is 2.72 bits per heavy atom. The van der Waals surface area contributed by atoms with Crippen molar-refractivity contribution < 1.29 is 14.7 Å². The van der Waals surface area contributed by atoms with E-state index >= 15 is 0 Å². The van der Waals surface area contributed by atoms with Crippen molar-refractivity contribution in [2.24, 2.45) is 5.92 Å². The predicted octanol–water partition coefficient (Wildman–Crippen LogP) is 2.30. The molecule has 2 aromatic heterocycles. The number of carboxylic acid groups (broad SMARTS) is 1. The number of carbonyl (C=O) groups is 2. The number of carbonyl (C=O) groups excluding carboxylic acids is 1. The summed E-state index contributed by atoms with van der Waals surface area (Å²) >= 11 is 1.65. The number of fused-ring (bicyclic) bond motifs is 1. The van der Waals surface area contributed by atoms with E-state index in [4.69, 9.17) is 5.11 Å². The fraction of sp³-hybridized carbons (Fsp3) is 0.529. The summed E-state index contributed by atoms with van der Waals surface area (Å²) in [4.78, 5) is 36.2. The van der Waals surface area contributed by atoms with Gasteiger partial charge < -0.3 is 15.3 Å². The van der Waals surface area contributed by atoms with Crippen LogP contribution in [-0.2, 0) is 16.0 Å². The van der Waals surface area contributed by atoms with E-state index in [1.54, 1.807) is 16.2 Å². The van der Waals surface area contributed by atoms with Gasteiger partial charge in [-0.15, -0.1) is 11.3 Å². The molecule has 3 heterocycles. The van der Waals surface area contributed by atoms with Crippen molar-refractivity contribution in [1.82, 2.24) is 14.9 Å². The van der Waals surface area contributed by atoms with Crippen LogP contribution in [0.15, 0.2) is 6.07 Å². The van der Waals surface area contributed by atoms with Gasteiger partial charge in [0.25, 0.3) is 0 Å². The lowest BCUT2D eigenvalue weighted by atomic mass is 9.97. The molecule has 1 aliphatic heterocycles. The maximum atomic E-state index is 12.4. The Kier molecular flexibility index (Phi) is 5.17. The summed E-state index contributed by atoms with van der Waals surface area (Å²) in [6.07, 6.45) is 1.97. The fourth-order valence-electron chi connectivity index (χ4n) is 3.03. The molecule has 1 amide bonds. The number of nitrogens with zero attached hydrogens (tertiary/aromatic N) is 3. The third-order valence-electron chi connectivity index (χ3n) is 4.51. The molecule has 7 nitrogen and oxygen atoms in total. The highest BCUT2D eigenvalue weighted by Crippen LogP contribution is 2.29. The Bertz CT molecular complexity index is 797. The Labute approximate surface area is 150 Å². The summed E-state index contributed by atoms with van der Waals surface area (Å²) in [5.74, 6) is 0.230. The van der Waals surface area contributed by atoms with Gasteiger partial charge in [-0.25, -0.2) is 9.97 Å². The highest BCUT2D eigenvalue weighted by atomic mass is 32.1. The smallest absolute Gasteiger partial charge is 0.306 e. The van der Waals surface area contributed by atoms with Crippen LogP contribution in [0.4, 0.5) is 5.82 Å². The van der Waals surface area contributed by atoms with E-state index in [2.05, 4.69) is 28.3 Å². The molecule has 2 aromatic rings. The van der Waals surface area contributed by atoms with Gasteiger partial charge >= 0.3 is 5.97 Å². The summed E-state index contributed by atoms with van der Waals surface area (Å²) in [6.45, 7) is 5.08. The van der Waals surface area contributed by atoms with Crippen LogP contribution in [0.2, 0.25) is 0 Å². The first kappa shape index (κ1) is 17.6. The first-order valence-electron chi connectivity index (χ1n) is 8.49. The van der Waals surface area contributed by atoms with Gasteiger partial charge in [-0.1, -0.05) is 6.92 Å². The minimum Gasteiger partial charge on any atom is -0.481 e. The average molecular weight is 362 g/mol. The number of hydrogen-bond acceptors (Lipinski definition) is 6. The number of nitrogens with one attached hydrogen (secondary N) is 1. The average Bonchev–Trinajstić information content (AvgIpc) is 3.02. The van der Waals surface area contributed by atoms with E-state index in [1.807, 2.05) is 6.92 Å². The van der Waals surface area contributed by atoms with Crippen LogP contribution in [0, 0.1) is 12.8 Å². The molecule has 1 fully saturated rings. The van der Waals surface area contributed by atoms with Crippen LogP contribution in [0.5, 0.6) is 0 Å². The lowest BCUT2D eigenvalue weighted by Gasteiger charge is -2.30. The van der Waals surface area contributed by atoms with Crippen molar-refractivity contribution in [3.05, 3.63) is 16.8 Å². The van der Waals surface area contributed by atoms with E-state index in [1.165, 1.54) is 4.88 Å². The number of carboxylic acids is 1. The van der Waals surface area contributed by atoms with Gasteiger partial charge in [-0.3, -0.25) is 9.59 Å². The first-order chi connectivity index (χ1) is 12.0. The molecule has 2 N–H and O–H groups in total. The van der Waals surface area contributed by atoms with Crippen molar-refractivity contribution in [1.29, 1.82) is 0 Å². The normalized spacial score (nSPS) is 15.5. The van der Waals surface area contributed by atoms with Gasteiger partial charge in [-0.2, -0.15) is 0 Å². The molecule has 0 unspecified atom stereocenters. The quantitative estimate of drug-likeness (QED) is 0.847. The Morgan fingerprint density at radius 1 is 1.36 bits per heavy atom. The molecule has 0 radical (unpaired) electrons. The molecule has 0 spiro atoms. The number of amides is 1. The SMILES string of the molecule is CCc1cc2c(NCC(=O)N3CCC(C(=O)O)CC3)nc(C)nc2s1. The van der Waals surface area contributed by atoms with Gasteiger partial charge in [-0.05, 0) is 32.3 Å². The molecule has 25 heavy (non-hydrogen) atoms. The van der Waals surface area contributed by atoms with Gasteiger partial charge in [0, 0.05) is 18.0 Å². The van der Waals surface area contributed by atoms with Gasteiger partial charge in [0.1, 0.15) is 16.5 Å². The number of aliphatic carboxylic acids is 1. The zero-order chi connectivity index (χ0) is 18.0. The second kappa shape index (κ2) is 7.35. The van der Waals surface area contributed by atoms with Crippen LogP contribution in [-0.4, -0.2) is 51.5 Å². The molecule has 0 bridgehead atoms. The number of rotatable bonds is 5. The molecule has 0 saturated carbocycles. The van der Waals surface area contributed by atoms with Crippen LogP contribution in [0.3, 0.4) is 0 Å². The molecule has 134 valence electrons. The molecule has 0 aliphatic carbocycles. The largest absolute Gasteiger partial charge is 0.481 e. The summed E-state index contributed by atoms with van der Waals surface area (Å²) in [7, 11) is 0. The Balaban J connectivity index is 1.65. The van der Waals surface area contributed by atoms with Gasteiger partial charge in [0.2, 0.25) is 5.91 Å². The summed E-state index contributed by atoms with van der Waals surface area (Å²) in [5, 5.41) is 13.1. The molecular weight excluding hydrogens is 340 g/mol. The summed E-state index contributed by atoms with van der Waals surface area (Å²) in [5.41, 5.74) is 0.